The molecule has 120 valence electrons. The molecule has 1 N–H and O–H groups in total. The van der Waals surface area contributed by atoms with Crippen LogP contribution in [0.25, 0.3) is 0 Å². The average Bonchev–Trinajstić information content (AvgIpc) is 2.74. The Morgan fingerprint density at radius 3 is 2.32 bits per heavy atom. The molecule has 2 rings (SSSR count). The molecule has 0 aromatic carbocycles. The van der Waals surface area contributed by atoms with Crippen molar-refractivity contribution in [2.24, 2.45) is 17.8 Å². The summed E-state index contributed by atoms with van der Waals surface area (Å²) in [6, 6.07) is -0.717. The Bertz CT molecular complexity index is 484. The van der Waals surface area contributed by atoms with Gasteiger partial charge in [-0.3, -0.25) is 19.3 Å². The molecule has 1 heterocycles. The number of carbonyl (C=O) groups is 3. The molecule has 0 bridgehead atoms. The van der Waals surface area contributed by atoms with E-state index < -0.39 is 6.04 Å². The van der Waals surface area contributed by atoms with Crippen LogP contribution in [0.15, 0.2) is 24.8 Å². The van der Waals surface area contributed by atoms with Gasteiger partial charge in [0.05, 0.1) is 11.8 Å². The number of nitrogens with zero attached hydrogens (tertiary/aromatic N) is 1. The van der Waals surface area contributed by atoms with Gasteiger partial charge < -0.3 is 5.32 Å². The second-order valence-corrected chi connectivity index (χ2v) is 6.38. The van der Waals surface area contributed by atoms with E-state index in [9.17, 15) is 14.4 Å². The van der Waals surface area contributed by atoms with Crippen LogP contribution in [0, 0.1) is 17.8 Å². The van der Waals surface area contributed by atoms with E-state index in [-0.39, 0.29) is 35.5 Å². The monoisotopic (exact) mass is 304 g/mol. The van der Waals surface area contributed by atoms with E-state index in [1.54, 1.807) is 6.08 Å². The largest absolute Gasteiger partial charge is 0.351 e. The third kappa shape index (κ3) is 3.13. The lowest BCUT2D eigenvalue weighted by molar-refractivity contribution is -0.148. The summed E-state index contributed by atoms with van der Waals surface area (Å²) >= 11 is 0. The van der Waals surface area contributed by atoms with Gasteiger partial charge in [0.15, 0.2) is 0 Å². The Labute approximate surface area is 131 Å². The standard InChI is InChI=1S/C17H24N2O3/c1-4-9-18-15(20)14(10-11(2)3)19-16(21)12-7-5-6-8-13(12)17(19)22/h4-6,11-14H,1,7-10H2,2-3H3,(H,18,20). The maximum Gasteiger partial charge on any atom is 0.243 e. The van der Waals surface area contributed by atoms with E-state index in [2.05, 4.69) is 11.9 Å². The van der Waals surface area contributed by atoms with Gasteiger partial charge in [-0.2, -0.15) is 0 Å². The van der Waals surface area contributed by atoms with Gasteiger partial charge in [0.1, 0.15) is 6.04 Å². The predicted octanol–water partition coefficient (Wildman–Crippen LogP) is 1.65. The zero-order valence-corrected chi connectivity index (χ0v) is 13.2. The van der Waals surface area contributed by atoms with Crippen molar-refractivity contribution in [3.8, 4) is 0 Å². The Kier molecular flexibility index (Phi) is 5.16. The molecule has 1 aliphatic heterocycles. The lowest BCUT2D eigenvalue weighted by atomic mass is 9.85. The smallest absolute Gasteiger partial charge is 0.243 e. The number of rotatable bonds is 6. The molecule has 3 unspecified atom stereocenters. The van der Waals surface area contributed by atoms with Crippen LogP contribution in [0.2, 0.25) is 0 Å². The molecular weight excluding hydrogens is 280 g/mol. The Morgan fingerprint density at radius 1 is 1.32 bits per heavy atom. The van der Waals surface area contributed by atoms with Crippen molar-refractivity contribution in [2.75, 3.05) is 6.54 Å². The number of imide groups is 1. The molecular formula is C17H24N2O3. The molecule has 5 heteroatoms. The first kappa shape index (κ1) is 16.5. The number of hydrogen-bond donors (Lipinski definition) is 1. The highest BCUT2D eigenvalue weighted by molar-refractivity contribution is 6.08. The summed E-state index contributed by atoms with van der Waals surface area (Å²) in [5.74, 6) is -1.04. The highest BCUT2D eigenvalue weighted by Gasteiger charge is 2.51. The summed E-state index contributed by atoms with van der Waals surface area (Å²) in [5, 5.41) is 2.72. The van der Waals surface area contributed by atoms with Crippen LogP contribution in [0.1, 0.15) is 33.1 Å². The summed E-state index contributed by atoms with van der Waals surface area (Å²) in [6.45, 7) is 7.86. The van der Waals surface area contributed by atoms with E-state index in [0.29, 0.717) is 25.8 Å². The quantitative estimate of drug-likeness (QED) is 0.599. The third-order valence-corrected chi connectivity index (χ3v) is 4.27. The highest BCUT2D eigenvalue weighted by Crippen LogP contribution is 2.37. The highest BCUT2D eigenvalue weighted by atomic mass is 16.2. The number of fused-ring (bicyclic) bond motifs is 1. The molecule has 22 heavy (non-hydrogen) atoms. The minimum absolute atomic E-state index is 0.196. The zero-order chi connectivity index (χ0) is 16.3. The Balaban J connectivity index is 2.23. The number of hydrogen-bond acceptors (Lipinski definition) is 3. The first-order valence-corrected chi connectivity index (χ1v) is 7.87. The molecule has 5 nitrogen and oxygen atoms in total. The van der Waals surface area contributed by atoms with E-state index in [1.807, 2.05) is 26.0 Å². The summed E-state index contributed by atoms with van der Waals surface area (Å²) in [4.78, 5) is 38.9. The van der Waals surface area contributed by atoms with E-state index >= 15 is 0 Å². The fourth-order valence-electron chi connectivity index (χ4n) is 3.20. The summed E-state index contributed by atoms with van der Waals surface area (Å²) in [6.07, 6.45) is 7.15. The van der Waals surface area contributed by atoms with Crippen molar-refractivity contribution in [3.63, 3.8) is 0 Å². The van der Waals surface area contributed by atoms with Gasteiger partial charge >= 0.3 is 0 Å². The fourth-order valence-corrected chi connectivity index (χ4v) is 3.20. The Morgan fingerprint density at radius 2 is 1.86 bits per heavy atom. The van der Waals surface area contributed by atoms with Gasteiger partial charge in [-0.25, -0.2) is 0 Å². The van der Waals surface area contributed by atoms with Gasteiger partial charge in [0.25, 0.3) is 0 Å². The van der Waals surface area contributed by atoms with Gasteiger partial charge in [0.2, 0.25) is 17.7 Å². The first-order valence-electron chi connectivity index (χ1n) is 7.87. The first-order chi connectivity index (χ1) is 10.5. The number of amides is 3. The second-order valence-electron chi connectivity index (χ2n) is 6.38. The third-order valence-electron chi connectivity index (χ3n) is 4.27. The minimum atomic E-state index is -0.717. The number of likely N-dealkylation sites (tertiary alicyclic amines) is 1. The lowest BCUT2D eigenvalue weighted by Crippen LogP contribution is -2.50. The molecule has 3 atom stereocenters. The van der Waals surface area contributed by atoms with Gasteiger partial charge in [-0.1, -0.05) is 32.1 Å². The summed E-state index contributed by atoms with van der Waals surface area (Å²) < 4.78 is 0. The van der Waals surface area contributed by atoms with Crippen molar-refractivity contribution >= 4 is 17.7 Å². The zero-order valence-electron chi connectivity index (χ0n) is 13.2. The van der Waals surface area contributed by atoms with Gasteiger partial charge in [-0.05, 0) is 25.2 Å². The van der Waals surface area contributed by atoms with Crippen LogP contribution in [0.4, 0.5) is 0 Å². The van der Waals surface area contributed by atoms with Crippen LogP contribution < -0.4 is 5.32 Å². The molecule has 1 saturated heterocycles. The predicted molar refractivity (Wildman–Crippen MR) is 83.7 cm³/mol. The molecule has 1 aliphatic carbocycles. The molecule has 0 radical (unpaired) electrons. The molecule has 0 aromatic heterocycles. The number of nitrogens with one attached hydrogen (secondary N) is 1. The van der Waals surface area contributed by atoms with E-state index in [1.165, 1.54) is 4.90 Å². The normalized spacial score (nSPS) is 25.3. The van der Waals surface area contributed by atoms with E-state index in [4.69, 9.17) is 0 Å². The van der Waals surface area contributed by atoms with Crippen LogP contribution in [-0.2, 0) is 14.4 Å². The van der Waals surface area contributed by atoms with Crippen LogP contribution >= 0.6 is 0 Å². The average molecular weight is 304 g/mol. The van der Waals surface area contributed by atoms with Gasteiger partial charge in [0, 0.05) is 6.54 Å². The van der Waals surface area contributed by atoms with Crippen molar-refractivity contribution in [3.05, 3.63) is 24.8 Å². The van der Waals surface area contributed by atoms with Crippen molar-refractivity contribution in [1.29, 1.82) is 0 Å². The molecule has 0 aromatic rings. The van der Waals surface area contributed by atoms with Crippen molar-refractivity contribution < 1.29 is 14.4 Å². The molecule has 0 spiro atoms. The lowest BCUT2D eigenvalue weighted by Gasteiger charge is -2.27. The summed E-state index contributed by atoms with van der Waals surface area (Å²) in [5.41, 5.74) is 0. The van der Waals surface area contributed by atoms with Crippen molar-refractivity contribution in [1.82, 2.24) is 10.2 Å². The second kappa shape index (κ2) is 6.90. The van der Waals surface area contributed by atoms with Crippen molar-refractivity contribution in [2.45, 2.75) is 39.2 Å². The Hall–Kier alpha value is -1.91. The maximum absolute atomic E-state index is 12.6. The van der Waals surface area contributed by atoms with Crippen LogP contribution in [-0.4, -0.2) is 35.2 Å². The van der Waals surface area contributed by atoms with Gasteiger partial charge in [-0.15, -0.1) is 6.58 Å². The SMILES string of the molecule is C=CCNC(=O)C(CC(C)C)N1C(=O)C2CC=CCC2C1=O. The van der Waals surface area contributed by atoms with E-state index in [0.717, 1.165) is 0 Å². The summed E-state index contributed by atoms with van der Waals surface area (Å²) in [7, 11) is 0. The molecule has 0 saturated carbocycles. The molecule has 2 aliphatic rings. The fraction of sp³-hybridized carbons (Fsp3) is 0.588. The minimum Gasteiger partial charge on any atom is -0.351 e. The number of carbonyl (C=O) groups excluding carboxylic acids is 3. The van der Waals surface area contributed by atoms with Crippen LogP contribution in [0.3, 0.4) is 0 Å². The molecule has 3 amide bonds. The number of allylic oxidation sites excluding steroid dienone is 2. The van der Waals surface area contributed by atoms with Crippen LogP contribution in [0.5, 0.6) is 0 Å². The topological polar surface area (TPSA) is 66.5 Å². The maximum atomic E-state index is 12.6. The molecule has 1 fully saturated rings.